The number of benzene rings is 1. The smallest absolute Gasteiger partial charge is 0.0486 e. The van der Waals surface area contributed by atoms with Crippen LogP contribution in [0.3, 0.4) is 0 Å². The lowest BCUT2D eigenvalue weighted by atomic mass is 10.0. The van der Waals surface area contributed by atoms with Crippen molar-refractivity contribution in [2.24, 2.45) is 5.73 Å². The van der Waals surface area contributed by atoms with E-state index in [9.17, 15) is 0 Å². The Hall–Kier alpha value is -2.17. The molecule has 0 fully saturated rings. The van der Waals surface area contributed by atoms with Gasteiger partial charge in [0, 0.05) is 54.5 Å². The van der Waals surface area contributed by atoms with Gasteiger partial charge >= 0.3 is 0 Å². The van der Waals surface area contributed by atoms with Crippen molar-refractivity contribution in [3.8, 4) is 0 Å². The highest BCUT2D eigenvalue weighted by Gasteiger charge is 2.22. The summed E-state index contributed by atoms with van der Waals surface area (Å²) < 4.78 is 2.55. The largest absolute Gasteiger partial charge is 0.344 e. The van der Waals surface area contributed by atoms with E-state index in [1.807, 2.05) is 6.20 Å². The molecule has 1 aromatic carbocycles. The fraction of sp³-hybridized carbons (Fsp3) is 0.435. The third-order valence-corrected chi connectivity index (χ3v) is 5.75. The van der Waals surface area contributed by atoms with Crippen LogP contribution < -0.4 is 5.73 Å². The normalized spacial score (nSPS) is 14.6. The molecular formula is C23H30N4. The molecule has 4 rings (SSSR count). The lowest BCUT2D eigenvalue weighted by Crippen LogP contribution is -2.27. The fourth-order valence-corrected chi connectivity index (χ4v) is 4.23. The summed E-state index contributed by atoms with van der Waals surface area (Å²) in [5.74, 6) is 0. The van der Waals surface area contributed by atoms with Crippen LogP contribution in [0.4, 0.5) is 0 Å². The minimum atomic E-state index is 0.726. The van der Waals surface area contributed by atoms with E-state index in [-0.39, 0.29) is 0 Å². The zero-order chi connectivity index (χ0) is 18.8. The van der Waals surface area contributed by atoms with Crippen LogP contribution in [0.2, 0.25) is 0 Å². The predicted molar refractivity (Wildman–Crippen MR) is 112 cm³/mol. The van der Waals surface area contributed by atoms with Crippen LogP contribution in [0.15, 0.2) is 36.5 Å². The molecule has 4 heteroatoms. The second-order valence-electron chi connectivity index (χ2n) is 7.89. The lowest BCUT2D eigenvalue weighted by molar-refractivity contribution is 0.309. The first-order chi connectivity index (χ1) is 13.2. The van der Waals surface area contributed by atoms with E-state index < -0.39 is 0 Å². The molecule has 4 nitrogen and oxygen atoms in total. The summed E-state index contributed by atoms with van der Waals surface area (Å²) in [6, 6.07) is 11.3. The number of likely N-dealkylation sites (N-methyl/N-ethyl adjacent to an activating group) is 1. The van der Waals surface area contributed by atoms with Crippen LogP contribution in [0.25, 0.3) is 10.9 Å². The number of rotatable bonds is 6. The van der Waals surface area contributed by atoms with Gasteiger partial charge in [0.05, 0.1) is 0 Å². The zero-order valence-corrected chi connectivity index (χ0v) is 16.5. The first kappa shape index (κ1) is 18.2. The highest BCUT2D eigenvalue weighted by molar-refractivity contribution is 5.86. The van der Waals surface area contributed by atoms with Crippen molar-refractivity contribution in [1.29, 1.82) is 0 Å². The first-order valence-corrected chi connectivity index (χ1v) is 10.1. The summed E-state index contributed by atoms with van der Waals surface area (Å²) in [6.07, 6.45) is 6.17. The van der Waals surface area contributed by atoms with E-state index in [0.29, 0.717) is 0 Å². The highest BCUT2D eigenvalue weighted by atomic mass is 15.1. The van der Waals surface area contributed by atoms with Crippen LogP contribution in [0, 0.1) is 6.92 Å². The summed E-state index contributed by atoms with van der Waals surface area (Å²) in [5.41, 5.74) is 13.8. The van der Waals surface area contributed by atoms with E-state index in [1.54, 1.807) is 0 Å². The monoisotopic (exact) mass is 362 g/mol. The van der Waals surface area contributed by atoms with Crippen molar-refractivity contribution in [3.63, 3.8) is 0 Å². The molecule has 1 aliphatic rings. The molecule has 142 valence electrons. The molecule has 0 saturated carbocycles. The van der Waals surface area contributed by atoms with Gasteiger partial charge in [0.1, 0.15) is 0 Å². The molecule has 2 N–H and O–H groups in total. The molecule has 2 aromatic heterocycles. The number of nitrogens with two attached hydrogens (primary N) is 1. The lowest BCUT2D eigenvalue weighted by Gasteiger charge is -2.24. The van der Waals surface area contributed by atoms with E-state index in [4.69, 9.17) is 5.73 Å². The summed E-state index contributed by atoms with van der Waals surface area (Å²) in [7, 11) is 2.22. The number of hydrogen-bond donors (Lipinski definition) is 1. The van der Waals surface area contributed by atoms with Crippen molar-refractivity contribution >= 4 is 10.9 Å². The third-order valence-electron chi connectivity index (χ3n) is 5.75. The standard InChI is InChI=1S/C23H30N4/c1-17-5-8-22-20(14-17)21-16-26(2)12-10-23(21)27(22)13-9-18-6-7-19(25-15-18)4-3-11-24/h5-8,14-15H,3-4,9-13,16,24H2,1-2H3. The van der Waals surface area contributed by atoms with Gasteiger partial charge in [-0.3, -0.25) is 4.98 Å². The van der Waals surface area contributed by atoms with E-state index in [1.165, 1.54) is 33.3 Å². The van der Waals surface area contributed by atoms with Crippen LogP contribution in [0.5, 0.6) is 0 Å². The summed E-state index contributed by atoms with van der Waals surface area (Å²) in [6.45, 7) is 6.12. The van der Waals surface area contributed by atoms with Gasteiger partial charge in [-0.15, -0.1) is 0 Å². The Kier molecular flexibility index (Phi) is 5.28. The maximum absolute atomic E-state index is 5.59. The van der Waals surface area contributed by atoms with Crippen LogP contribution in [-0.2, 0) is 32.4 Å². The molecule has 3 heterocycles. The average molecular weight is 363 g/mol. The molecule has 0 atom stereocenters. The second kappa shape index (κ2) is 7.83. The third kappa shape index (κ3) is 3.78. The van der Waals surface area contributed by atoms with Gasteiger partial charge < -0.3 is 15.2 Å². The number of aryl methyl sites for hydroxylation is 4. The molecule has 0 saturated heterocycles. The number of pyridine rings is 1. The Morgan fingerprint density at radius 1 is 1.15 bits per heavy atom. The van der Waals surface area contributed by atoms with Gasteiger partial charge in [-0.25, -0.2) is 0 Å². The molecule has 0 radical (unpaired) electrons. The van der Waals surface area contributed by atoms with Gasteiger partial charge in [0.15, 0.2) is 0 Å². The van der Waals surface area contributed by atoms with E-state index in [2.05, 4.69) is 58.8 Å². The quantitative estimate of drug-likeness (QED) is 0.730. The molecule has 1 aliphatic heterocycles. The van der Waals surface area contributed by atoms with Gasteiger partial charge in [-0.1, -0.05) is 17.7 Å². The summed E-state index contributed by atoms with van der Waals surface area (Å²) in [4.78, 5) is 7.05. The molecule has 0 spiro atoms. The second-order valence-corrected chi connectivity index (χ2v) is 7.89. The fourth-order valence-electron chi connectivity index (χ4n) is 4.23. The number of hydrogen-bond acceptors (Lipinski definition) is 3. The van der Waals surface area contributed by atoms with Crippen molar-refractivity contribution in [1.82, 2.24) is 14.5 Å². The highest BCUT2D eigenvalue weighted by Crippen LogP contribution is 2.31. The zero-order valence-electron chi connectivity index (χ0n) is 16.5. The Bertz CT molecular complexity index is 924. The Balaban J connectivity index is 1.59. The molecule has 3 aromatic rings. The van der Waals surface area contributed by atoms with Crippen molar-refractivity contribution in [3.05, 3.63) is 64.6 Å². The average Bonchev–Trinajstić information content (AvgIpc) is 2.97. The topological polar surface area (TPSA) is 47.1 Å². The van der Waals surface area contributed by atoms with Gasteiger partial charge in [-0.2, -0.15) is 0 Å². The van der Waals surface area contributed by atoms with Crippen molar-refractivity contribution in [2.75, 3.05) is 20.1 Å². The minimum absolute atomic E-state index is 0.726. The first-order valence-electron chi connectivity index (χ1n) is 10.1. The van der Waals surface area contributed by atoms with Crippen LogP contribution >= 0.6 is 0 Å². The molecule has 0 aliphatic carbocycles. The number of fused-ring (bicyclic) bond motifs is 3. The van der Waals surface area contributed by atoms with Crippen LogP contribution in [0.1, 0.15) is 34.5 Å². The Morgan fingerprint density at radius 2 is 2.04 bits per heavy atom. The van der Waals surface area contributed by atoms with E-state index >= 15 is 0 Å². The molecule has 0 amide bonds. The minimum Gasteiger partial charge on any atom is -0.344 e. The SMILES string of the molecule is Cc1ccc2c(c1)c1c(n2CCc2ccc(CCCN)nc2)CCN(C)C1. The summed E-state index contributed by atoms with van der Waals surface area (Å²) >= 11 is 0. The molecule has 0 bridgehead atoms. The van der Waals surface area contributed by atoms with Crippen molar-refractivity contribution < 1.29 is 0 Å². The Labute approximate surface area is 162 Å². The van der Waals surface area contributed by atoms with Crippen molar-refractivity contribution in [2.45, 2.75) is 45.7 Å². The number of aromatic nitrogens is 2. The Morgan fingerprint density at radius 3 is 2.81 bits per heavy atom. The molecular weight excluding hydrogens is 332 g/mol. The van der Waals surface area contributed by atoms with Gasteiger partial charge in [0.25, 0.3) is 0 Å². The number of nitrogens with zero attached hydrogens (tertiary/aromatic N) is 3. The predicted octanol–water partition coefficient (Wildman–Crippen LogP) is 3.47. The van der Waals surface area contributed by atoms with Gasteiger partial charge in [-0.05, 0) is 69.1 Å². The van der Waals surface area contributed by atoms with E-state index in [0.717, 1.165) is 57.6 Å². The maximum atomic E-state index is 5.59. The summed E-state index contributed by atoms with van der Waals surface area (Å²) in [5, 5.41) is 1.44. The molecule has 0 unspecified atom stereocenters. The van der Waals surface area contributed by atoms with Gasteiger partial charge in [0.2, 0.25) is 0 Å². The van der Waals surface area contributed by atoms with Crippen LogP contribution in [-0.4, -0.2) is 34.6 Å². The molecule has 27 heavy (non-hydrogen) atoms. The maximum Gasteiger partial charge on any atom is 0.0486 e.